The number of benzene rings is 1. The maximum atomic E-state index is 13.1. The Morgan fingerprint density at radius 1 is 1.20 bits per heavy atom. The molecule has 0 bridgehead atoms. The molecule has 20 heavy (non-hydrogen) atoms. The van der Waals surface area contributed by atoms with Crippen molar-refractivity contribution in [3.63, 3.8) is 0 Å². The molecule has 3 aromatic rings. The van der Waals surface area contributed by atoms with Gasteiger partial charge in [0.1, 0.15) is 5.82 Å². The zero-order valence-corrected chi connectivity index (χ0v) is 11.2. The summed E-state index contributed by atoms with van der Waals surface area (Å²) < 4.78 is 23.6. The fourth-order valence-electron chi connectivity index (χ4n) is 1.70. The van der Waals surface area contributed by atoms with Crippen LogP contribution in [0.5, 0.6) is 0 Å². The lowest BCUT2D eigenvalue weighted by molar-refractivity contribution is 0.413. The van der Waals surface area contributed by atoms with Gasteiger partial charge in [0.2, 0.25) is 5.76 Å². The summed E-state index contributed by atoms with van der Waals surface area (Å²) in [5.74, 6) is 1.42. The third kappa shape index (κ3) is 2.70. The van der Waals surface area contributed by atoms with Gasteiger partial charge in [-0.05, 0) is 30.3 Å². The Kier molecular flexibility index (Phi) is 3.47. The lowest BCUT2D eigenvalue weighted by Crippen LogP contribution is -1.90. The van der Waals surface area contributed by atoms with Gasteiger partial charge in [0, 0.05) is 22.4 Å². The zero-order chi connectivity index (χ0) is 13.9. The fraction of sp³-hybridized carbons (Fsp3) is 0.0714. The summed E-state index contributed by atoms with van der Waals surface area (Å²) in [5, 5.41) is 3.95. The Morgan fingerprint density at radius 3 is 2.90 bits per heavy atom. The molecule has 0 fully saturated rings. The van der Waals surface area contributed by atoms with E-state index in [1.54, 1.807) is 30.5 Å². The first-order valence-corrected chi connectivity index (χ1v) is 6.88. The minimum absolute atomic E-state index is 0.307. The highest BCUT2D eigenvalue weighted by Gasteiger charge is 2.10. The number of halogens is 1. The van der Waals surface area contributed by atoms with Crippen LogP contribution in [-0.2, 0) is 5.75 Å². The second-order valence-corrected chi connectivity index (χ2v) is 5.15. The largest absolute Gasteiger partial charge is 0.461 e. The summed E-state index contributed by atoms with van der Waals surface area (Å²) >= 11 is 1.41. The third-order valence-corrected chi connectivity index (χ3v) is 3.78. The first kappa shape index (κ1) is 12.8. The number of thioether (sulfide) groups is 1. The number of rotatable bonds is 4. The van der Waals surface area contributed by atoms with Crippen LogP contribution in [0, 0.1) is 5.82 Å². The van der Waals surface area contributed by atoms with E-state index >= 15 is 0 Å². The van der Waals surface area contributed by atoms with E-state index in [0.717, 1.165) is 5.69 Å². The van der Waals surface area contributed by atoms with E-state index in [1.165, 1.54) is 23.9 Å². The molecule has 0 spiro atoms. The molecule has 0 aliphatic rings. The maximum absolute atomic E-state index is 13.1. The van der Waals surface area contributed by atoms with Gasteiger partial charge in [-0.1, -0.05) is 5.16 Å². The highest BCUT2D eigenvalue weighted by atomic mass is 32.2. The number of hydrogen-bond donors (Lipinski definition) is 1. The van der Waals surface area contributed by atoms with Crippen molar-refractivity contribution in [2.24, 2.45) is 0 Å². The average Bonchev–Trinajstić information content (AvgIpc) is 3.09. The molecule has 0 saturated carbocycles. The molecule has 0 unspecified atom stereocenters. The van der Waals surface area contributed by atoms with Crippen LogP contribution in [0.2, 0.25) is 0 Å². The number of hydrogen-bond acceptors (Lipinski definition) is 5. The molecule has 0 saturated heterocycles. The predicted octanol–water partition coefficient (Wildman–Crippen LogP) is 3.95. The molecular formula is C14H11FN2O2S. The van der Waals surface area contributed by atoms with Crippen molar-refractivity contribution < 1.29 is 13.3 Å². The molecule has 2 heterocycles. The molecule has 1 aromatic carbocycles. The second kappa shape index (κ2) is 5.42. The number of anilines is 1. The van der Waals surface area contributed by atoms with Gasteiger partial charge < -0.3 is 14.7 Å². The Hall–Kier alpha value is -2.21. The molecular weight excluding hydrogens is 279 g/mol. The molecule has 2 aromatic heterocycles. The van der Waals surface area contributed by atoms with Crippen molar-refractivity contribution in [2.75, 3.05) is 5.73 Å². The third-order valence-electron chi connectivity index (χ3n) is 2.67. The quantitative estimate of drug-likeness (QED) is 0.582. The van der Waals surface area contributed by atoms with Crippen molar-refractivity contribution in [2.45, 2.75) is 10.6 Å². The van der Waals surface area contributed by atoms with Gasteiger partial charge in [-0.3, -0.25) is 0 Å². The summed E-state index contributed by atoms with van der Waals surface area (Å²) in [6, 6.07) is 9.66. The Morgan fingerprint density at radius 2 is 2.10 bits per heavy atom. The van der Waals surface area contributed by atoms with Crippen molar-refractivity contribution >= 4 is 17.4 Å². The Balaban J connectivity index is 1.71. The van der Waals surface area contributed by atoms with Crippen LogP contribution in [0.1, 0.15) is 5.69 Å². The molecule has 0 aliphatic heterocycles. The van der Waals surface area contributed by atoms with Gasteiger partial charge in [0.25, 0.3) is 0 Å². The highest BCUT2D eigenvalue weighted by Crippen LogP contribution is 2.30. The lowest BCUT2D eigenvalue weighted by Gasteiger charge is -2.03. The van der Waals surface area contributed by atoms with Crippen molar-refractivity contribution in [3.05, 3.63) is 54.2 Å². The van der Waals surface area contributed by atoms with Crippen molar-refractivity contribution in [1.82, 2.24) is 5.16 Å². The summed E-state index contributed by atoms with van der Waals surface area (Å²) in [6.07, 6.45) is 1.57. The van der Waals surface area contributed by atoms with Gasteiger partial charge in [-0.25, -0.2) is 4.39 Å². The van der Waals surface area contributed by atoms with Crippen LogP contribution in [0.15, 0.2) is 56.5 Å². The average molecular weight is 290 g/mol. The van der Waals surface area contributed by atoms with Crippen molar-refractivity contribution in [1.29, 1.82) is 0 Å². The summed E-state index contributed by atoms with van der Waals surface area (Å²) in [4.78, 5) is 0.688. The molecule has 2 N–H and O–H groups in total. The number of aromatic nitrogens is 1. The molecule has 0 radical (unpaired) electrons. The minimum Gasteiger partial charge on any atom is -0.461 e. The van der Waals surface area contributed by atoms with Crippen LogP contribution in [0.3, 0.4) is 0 Å². The fourth-order valence-corrected chi connectivity index (χ4v) is 2.57. The normalized spacial score (nSPS) is 10.8. The molecule has 6 heteroatoms. The van der Waals surface area contributed by atoms with Crippen LogP contribution in [-0.4, -0.2) is 5.16 Å². The monoisotopic (exact) mass is 290 g/mol. The van der Waals surface area contributed by atoms with Crippen molar-refractivity contribution in [3.8, 4) is 11.5 Å². The number of furan rings is 1. The second-order valence-electron chi connectivity index (χ2n) is 4.13. The molecule has 0 atom stereocenters. The Bertz CT molecular complexity index is 710. The highest BCUT2D eigenvalue weighted by molar-refractivity contribution is 7.98. The summed E-state index contributed by atoms with van der Waals surface area (Å²) in [5.41, 5.74) is 7.08. The molecule has 0 aliphatic carbocycles. The smallest absolute Gasteiger partial charge is 0.202 e. The first-order valence-electron chi connectivity index (χ1n) is 5.89. The number of nitrogen functional groups attached to an aromatic ring is 1. The molecule has 4 nitrogen and oxygen atoms in total. The molecule has 3 rings (SSSR count). The van der Waals surface area contributed by atoms with Crippen LogP contribution >= 0.6 is 11.8 Å². The number of nitrogens with zero attached hydrogens (tertiary/aromatic N) is 1. The van der Waals surface area contributed by atoms with E-state index in [1.807, 2.05) is 0 Å². The van der Waals surface area contributed by atoms with E-state index in [0.29, 0.717) is 27.9 Å². The van der Waals surface area contributed by atoms with E-state index in [2.05, 4.69) is 5.16 Å². The first-order chi connectivity index (χ1) is 9.72. The van der Waals surface area contributed by atoms with E-state index in [4.69, 9.17) is 14.7 Å². The van der Waals surface area contributed by atoms with Gasteiger partial charge in [-0.2, -0.15) is 0 Å². The van der Waals surface area contributed by atoms with Crippen LogP contribution < -0.4 is 5.73 Å². The molecule has 102 valence electrons. The predicted molar refractivity (Wildman–Crippen MR) is 74.6 cm³/mol. The van der Waals surface area contributed by atoms with Crippen LogP contribution in [0.25, 0.3) is 11.5 Å². The summed E-state index contributed by atoms with van der Waals surface area (Å²) in [6.45, 7) is 0. The zero-order valence-electron chi connectivity index (χ0n) is 10.4. The van der Waals surface area contributed by atoms with Gasteiger partial charge in [0.05, 0.1) is 12.0 Å². The standard InChI is InChI=1S/C14H11FN2O2S/c15-9-3-4-11(16)14(6-9)20-8-10-7-13(19-17-10)12-2-1-5-18-12/h1-7H,8,16H2. The SMILES string of the molecule is Nc1ccc(F)cc1SCc1cc(-c2ccco2)on1. The van der Waals surface area contributed by atoms with E-state index < -0.39 is 0 Å². The van der Waals surface area contributed by atoms with Gasteiger partial charge >= 0.3 is 0 Å². The topological polar surface area (TPSA) is 65.2 Å². The van der Waals surface area contributed by atoms with Gasteiger partial charge in [-0.15, -0.1) is 11.8 Å². The maximum Gasteiger partial charge on any atom is 0.202 e. The number of nitrogens with two attached hydrogens (primary N) is 1. The van der Waals surface area contributed by atoms with E-state index in [-0.39, 0.29) is 5.82 Å². The Labute approximate surface area is 118 Å². The molecule has 0 amide bonds. The minimum atomic E-state index is -0.307. The lowest BCUT2D eigenvalue weighted by atomic mass is 10.3. The van der Waals surface area contributed by atoms with Crippen LogP contribution in [0.4, 0.5) is 10.1 Å². The summed E-state index contributed by atoms with van der Waals surface area (Å²) in [7, 11) is 0. The van der Waals surface area contributed by atoms with Gasteiger partial charge in [0.15, 0.2) is 5.76 Å². The van der Waals surface area contributed by atoms with E-state index in [9.17, 15) is 4.39 Å².